The number of aliphatic imine (C=N–C) groups is 2. The van der Waals surface area contributed by atoms with E-state index in [4.69, 9.17) is 25.4 Å². The number of ether oxygens (including phenoxy) is 2. The molecule has 0 amide bonds. The Balaban J connectivity index is 0.00000280. The molecule has 0 bridgehead atoms. The van der Waals surface area contributed by atoms with Gasteiger partial charge in [-0.05, 0) is 88.4 Å². The van der Waals surface area contributed by atoms with Crippen LogP contribution in [-0.4, -0.2) is 37.0 Å². The number of hydrogen-bond acceptors (Lipinski definition) is 5. The normalized spacial score (nSPS) is 11.8. The number of halogens is 2. The molecule has 40 heavy (non-hydrogen) atoms. The van der Waals surface area contributed by atoms with Gasteiger partial charge in [-0.1, -0.05) is 12.1 Å². The maximum absolute atomic E-state index is 6.14. The third-order valence-corrected chi connectivity index (χ3v) is 5.70. The predicted molar refractivity (Wildman–Crippen MR) is 170 cm³/mol. The van der Waals surface area contributed by atoms with Crippen LogP contribution < -0.4 is 20.9 Å². The number of rotatable bonds is 11. The van der Waals surface area contributed by atoms with Gasteiger partial charge in [-0.3, -0.25) is 9.98 Å². The number of hydrogen-bond donors (Lipinski definition) is 2. The number of furan rings is 1. The third-order valence-electron chi connectivity index (χ3n) is 5.70. The van der Waals surface area contributed by atoms with Crippen molar-refractivity contribution in [1.29, 1.82) is 0 Å². The van der Waals surface area contributed by atoms with Gasteiger partial charge in [0.2, 0.25) is 0 Å². The van der Waals surface area contributed by atoms with Crippen molar-refractivity contribution < 1.29 is 13.9 Å². The van der Waals surface area contributed by atoms with E-state index in [9.17, 15) is 0 Å². The van der Waals surface area contributed by atoms with Crippen LogP contribution in [0.25, 0.3) is 22.3 Å². The van der Waals surface area contributed by atoms with E-state index in [1.165, 1.54) is 0 Å². The van der Waals surface area contributed by atoms with Crippen molar-refractivity contribution in [2.75, 3.05) is 13.2 Å². The summed E-state index contributed by atoms with van der Waals surface area (Å²) in [7, 11) is 0. The maximum atomic E-state index is 6.14. The van der Waals surface area contributed by atoms with Crippen LogP contribution in [0.5, 0.6) is 11.5 Å². The van der Waals surface area contributed by atoms with Crippen molar-refractivity contribution >= 4 is 47.5 Å². The van der Waals surface area contributed by atoms with Gasteiger partial charge in [0.25, 0.3) is 0 Å². The van der Waals surface area contributed by atoms with Gasteiger partial charge in [0.05, 0.1) is 13.2 Å². The molecule has 0 saturated carbocycles. The topological polar surface area (TPSA) is 108 Å². The van der Waals surface area contributed by atoms with Crippen LogP contribution in [0.3, 0.4) is 0 Å². The molecule has 0 aliphatic rings. The summed E-state index contributed by atoms with van der Waals surface area (Å²) < 4.78 is 17.9. The van der Waals surface area contributed by atoms with Crippen molar-refractivity contribution in [2.24, 2.45) is 21.5 Å². The fourth-order valence-corrected chi connectivity index (χ4v) is 3.95. The molecule has 0 saturated heterocycles. The van der Waals surface area contributed by atoms with Gasteiger partial charge in [-0.2, -0.15) is 0 Å². The van der Waals surface area contributed by atoms with Crippen LogP contribution in [-0.2, 0) is 0 Å². The average molecular weight is 586 g/mol. The quantitative estimate of drug-likeness (QED) is 0.112. The molecule has 4 N–H and O–H groups in total. The van der Waals surface area contributed by atoms with E-state index in [-0.39, 0.29) is 36.9 Å². The van der Waals surface area contributed by atoms with E-state index in [0.29, 0.717) is 24.9 Å². The van der Waals surface area contributed by atoms with E-state index in [1.807, 2.05) is 100 Å². The number of nitrogens with two attached hydrogens (primary N) is 2. The Morgan fingerprint density at radius 1 is 0.725 bits per heavy atom. The second kappa shape index (κ2) is 15.2. The average Bonchev–Trinajstić information content (AvgIpc) is 3.32. The Morgan fingerprint density at radius 3 is 1.98 bits per heavy atom. The van der Waals surface area contributed by atoms with Crippen LogP contribution in [0.2, 0.25) is 0 Å². The van der Waals surface area contributed by atoms with Crippen LogP contribution >= 0.6 is 24.8 Å². The Morgan fingerprint density at radius 2 is 1.32 bits per heavy atom. The first-order valence-electron chi connectivity index (χ1n) is 13.0. The summed E-state index contributed by atoms with van der Waals surface area (Å²) in [6.07, 6.45) is 0.746. The first-order chi connectivity index (χ1) is 18.3. The van der Waals surface area contributed by atoms with Crippen LogP contribution in [0.15, 0.2) is 87.2 Å². The molecule has 0 aliphatic carbocycles. The van der Waals surface area contributed by atoms with Crippen LogP contribution in [0, 0.1) is 0 Å². The zero-order valence-electron chi connectivity index (χ0n) is 23.3. The second-order valence-electron chi connectivity index (χ2n) is 9.68. The summed E-state index contributed by atoms with van der Waals surface area (Å²) in [5.41, 5.74) is 15.7. The van der Waals surface area contributed by atoms with Gasteiger partial charge in [0.1, 0.15) is 34.5 Å². The van der Waals surface area contributed by atoms with Crippen molar-refractivity contribution in [3.05, 3.63) is 83.9 Å². The van der Waals surface area contributed by atoms with Gasteiger partial charge in [0, 0.05) is 40.6 Å². The maximum Gasteiger partial charge on any atom is 0.135 e. The molecular weight excluding hydrogens is 547 g/mol. The highest BCUT2D eigenvalue weighted by atomic mass is 35.5. The number of nitrogens with zero attached hydrogens (tertiary/aromatic N) is 2. The fourth-order valence-electron chi connectivity index (χ4n) is 3.95. The van der Waals surface area contributed by atoms with Crippen LogP contribution in [0.4, 0.5) is 0 Å². The highest BCUT2D eigenvalue weighted by Gasteiger charge is 2.10. The van der Waals surface area contributed by atoms with E-state index in [2.05, 4.69) is 9.98 Å². The monoisotopic (exact) mass is 584 g/mol. The molecule has 0 atom stereocenters. The molecular formula is C31H38Cl2N4O3. The number of amidine groups is 2. The molecule has 0 fully saturated rings. The molecule has 4 rings (SSSR count). The van der Waals surface area contributed by atoms with E-state index >= 15 is 0 Å². The summed E-state index contributed by atoms with van der Waals surface area (Å²) in [5, 5.41) is 0.978. The van der Waals surface area contributed by atoms with E-state index < -0.39 is 0 Å². The minimum Gasteiger partial charge on any atom is -0.493 e. The van der Waals surface area contributed by atoms with Crippen molar-refractivity contribution in [2.45, 2.75) is 46.2 Å². The van der Waals surface area contributed by atoms with E-state index in [0.717, 1.165) is 51.3 Å². The molecule has 0 radical (unpaired) electrons. The zero-order valence-corrected chi connectivity index (χ0v) is 24.9. The lowest BCUT2D eigenvalue weighted by Crippen LogP contribution is -2.15. The van der Waals surface area contributed by atoms with Crippen molar-refractivity contribution in [1.82, 2.24) is 0 Å². The summed E-state index contributed by atoms with van der Waals surface area (Å²) in [6, 6.07) is 23.7. The SMILES string of the molecule is CC(C)N=C(N)c1ccc(OCCCOc2cccc(-c3cc4cc(C(N)=NC(C)C)ccc4o3)c2)cc1.Cl.Cl. The van der Waals surface area contributed by atoms with Gasteiger partial charge in [0.15, 0.2) is 0 Å². The van der Waals surface area contributed by atoms with Gasteiger partial charge < -0.3 is 25.4 Å². The van der Waals surface area contributed by atoms with Gasteiger partial charge in [-0.25, -0.2) is 0 Å². The third kappa shape index (κ3) is 8.93. The first-order valence-corrected chi connectivity index (χ1v) is 13.0. The molecule has 3 aromatic carbocycles. The summed E-state index contributed by atoms with van der Waals surface area (Å²) in [5.74, 6) is 3.41. The smallest absolute Gasteiger partial charge is 0.135 e. The Kier molecular flexibility index (Phi) is 12.4. The van der Waals surface area contributed by atoms with Gasteiger partial charge >= 0.3 is 0 Å². The summed E-state index contributed by atoms with van der Waals surface area (Å²) >= 11 is 0. The highest BCUT2D eigenvalue weighted by molar-refractivity contribution is 6.01. The lowest BCUT2D eigenvalue weighted by atomic mass is 10.1. The minimum atomic E-state index is 0. The molecule has 7 nitrogen and oxygen atoms in total. The Bertz CT molecular complexity index is 1430. The first kappa shape index (κ1) is 32.5. The van der Waals surface area contributed by atoms with Crippen LogP contribution in [0.1, 0.15) is 45.2 Å². The predicted octanol–water partition coefficient (Wildman–Crippen LogP) is 7.02. The Labute approximate surface area is 248 Å². The van der Waals surface area contributed by atoms with Gasteiger partial charge in [-0.15, -0.1) is 24.8 Å². The molecule has 1 heterocycles. The van der Waals surface area contributed by atoms with Crippen molar-refractivity contribution in [3.63, 3.8) is 0 Å². The Hall–Kier alpha value is -3.68. The molecule has 9 heteroatoms. The number of fused-ring (bicyclic) bond motifs is 1. The summed E-state index contributed by atoms with van der Waals surface area (Å²) in [6.45, 7) is 9.08. The minimum absolute atomic E-state index is 0. The standard InChI is InChI=1S/C31H36N4O3.2ClH/c1-20(2)34-30(32)22-9-12-26(13-10-22)36-15-6-16-37-27-8-5-7-23(18-27)29-19-25-17-24(11-14-28(25)38-29)31(33)35-21(3)4;;/h5,7-14,17-21H,6,15-16H2,1-4H3,(H2,32,34)(H2,33,35);2*1H. The largest absolute Gasteiger partial charge is 0.493 e. The lowest BCUT2D eigenvalue weighted by Gasteiger charge is -2.09. The second-order valence-corrected chi connectivity index (χ2v) is 9.68. The molecule has 0 unspecified atom stereocenters. The summed E-state index contributed by atoms with van der Waals surface area (Å²) in [4.78, 5) is 8.81. The fraction of sp³-hybridized carbons (Fsp3) is 0.290. The molecule has 4 aromatic rings. The highest BCUT2D eigenvalue weighted by Crippen LogP contribution is 2.30. The molecule has 1 aromatic heterocycles. The molecule has 0 spiro atoms. The van der Waals surface area contributed by atoms with E-state index in [1.54, 1.807) is 0 Å². The zero-order chi connectivity index (χ0) is 27.1. The van der Waals surface area contributed by atoms with Crippen molar-refractivity contribution in [3.8, 4) is 22.8 Å². The lowest BCUT2D eigenvalue weighted by molar-refractivity contribution is 0.247. The number of benzene rings is 3. The molecule has 0 aliphatic heterocycles. The molecule has 214 valence electrons.